The maximum absolute atomic E-state index is 5.19. The summed E-state index contributed by atoms with van der Waals surface area (Å²) in [4.78, 5) is 48.7. The summed E-state index contributed by atoms with van der Waals surface area (Å²) in [6.45, 7) is 8.34. The van der Waals surface area contributed by atoms with Gasteiger partial charge in [-0.2, -0.15) is 0 Å². The quantitative estimate of drug-likeness (QED) is 0.104. The number of nitrogens with zero attached hydrogens (tertiary/aromatic N) is 13. The summed E-state index contributed by atoms with van der Waals surface area (Å²) in [5.74, 6) is 5.90. The van der Waals surface area contributed by atoms with Crippen molar-refractivity contribution in [1.82, 2.24) is 62.6 Å². The Hall–Kier alpha value is -17.9. The minimum atomic E-state index is 0.628. The molecule has 0 radical (unpaired) electrons. The highest BCUT2D eigenvalue weighted by Gasteiger charge is 2.26. The lowest BCUT2D eigenvalue weighted by Crippen LogP contribution is -2.01. The maximum Gasteiger partial charge on any atom is 0.164 e. The zero-order chi connectivity index (χ0) is 95.3. The molecule has 13 nitrogen and oxygen atoms in total. The lowest BCUT2D eigenvalue weighted by atomic mass is 9.99. The van der Waals surface area contributed by atoms with Crippen molar-refractivity contribution in [1.29, 1.82) is 0 Å². The van der Waals surface area contributed by atoms with Crippen LogP contribution in [0.2, 0.25) is 0 Å². The predicted octanol–water partition coefficient (Wildman–Crippen LogP) is 33.5. The standard InChI is InChI=1S/C47H29N5S.C43H30N4S.C37H26N4S/c1-2-14-30(15-3-1)44-48-45(32-17-12-16-31(28-32)43-37-22-6-9-25-40(37)52-41-26-10-11-27-42(41)53-47(43)52)50-46(49-44)33-18-13-19-34(29-33)51-38-23-7-4-20-35(38)36-21-5-8-24-39(36)51;1-27-11-15-32(16-12-27)40-44-41(33-17-13-28(2)14-18-33)46-42(45-40)34-25-21-30(22-26-34)29-19-23-31(24-20-29)39-35-7-3-4-8-36(35)47-37-9-5-6-10-38(37)48-43(39)47;1-23-11-15-26(16-12-23)34-38-35(27-17-13-24(2)14-18-27)40-36(39-34)28-21-19-25(20-22-28)33-29-7-3-4-8-30(29)41-31-9-5-6-10-32(31)42-37(33)41/h1-29H;3-26H,1-2H3;3-22H,1-2H3. The molecule has 10 heterocycles. The van der Waals surface area contributed by atoms with Crippen molar-refractivity contribution in [3.63, 3.8) is 0 Å². The highest BCUT2D eigenvalue weighted by atomic mass is 32.1. The Kier molecular flexibility index (Phi) is 21.4. The smallest absolute Gasteiger partial charge is 0.164 e. The van der Waals surface area contributed by atoms with E-state index in [1.165, 1.54) is 139 Å². The van der Waals surface area contributed by atoms with Gasteiger partial charge in [-0.15, -0.1) is 34.0 Å². The Morgan fingerprint density at radius 3 is 0.720 bits per heavy atom. The number of fused-ring (bicyclic) bond motifs is 18. The molecule has 0 amide bonds. The van der Waals surface area contributed by atoms with E-state index in [9.17, 15) is 0 Å². The van der Waals surface area contributed by atoms with Crippen LogP contribution in [-0.4, -0.2) is 62.6 Å². The molecule has 0 spiro atoms. The number of aryl methyl sites for hydroxylation is 4. The Balaban J connectivity index is 0.000000110. The molecule has 676 valence electrons. The molecule has 0 N–H and O–H groups in total. The van der Waals surface area contributed by atoms with Crippen LogP contribution in [0.3, 0.4) is 0 Å². The van der Waals surface area contributed by atoms with Crippen LogP contribution < -0.4 is 0 Å². The van der Waals surface area contributed by atoms with Gasteiger partial charge in [0.1, 0.15) is 14.5 Å². The third-order valence-electron chi connectivity index (χ3n) is 27.0. The lowest BCUT2D eigenvalue weighted by Gasteiger charge is -2.12. The van der Waals surface area contributed by atoms with E-state index in [0.29, 0.717) is 52.4 Å². The van der Waals surface area contributed by atoms with Crippen LogP contribution in [0.25, 0.3) is 252 Å². The highest BCUT2D eigenvalue weighted by Crippen LogP contribution is 2.48. The fourth-order valence-corrected chi connectivity index (χ4v) is 23.6. The molecule has 28 rings (SSSR count). The molecule has 143 heavy (non-hydrogen) atoms. The third kappa shape index (κ3) is 15.6. The van der Waals surface area contributed by atoms with E-state index >= 15 is 0 Å². The zero-order valence-corrected chi connectivity index (χ0v) is 80.6. The molecular formula is C127H85N13S3. The van der Waals surface area contributed by atoms with Crippen molar-refractivity contribution in [2.45, 2.75) is 27.7 Å². The normalized spacial score (nSPS) is 11.6. The summed E-state index contributed by atoms with van der Waals surface area (Å²) >= 11 is 5.53. The lowest BCUT2D eigenvalue weighted by molar-refractivity contribution is 1.07. The monoisotopic (exact) mass is 1890 g/mol. The topological polar surface area (TPSA) is 134 Å². The first-order chi connectivity index (χ1) is 70.5. The van der Waals surface area contributed by atoms with Crippen molar-refractivity contribution in [3.05, 3.63) is 465 Å². The van der Waals surface area contributed by atoms with E-state index in [1.54, 1.807) is 0 Å². The molecule has 16 heteroatoms. The highest BCUT2D eigenvalue weighted by molar-refractivity contribution is 7.25. The van der Waals surface area contributed by atoms with Crippen molar-refractivity contribution < 1.29 is 0 Å². The molecule has 0 unspecified atom stereocenters. The average Bonchev–Trinajstić information content (AvgIpc) is 1.57. The van der Waals surface area contributed by atoms with E-state index in [1.807, 2.05) is 52.2 Å². The fourth-order valence-electron chi connectivity index (χ4n) is 19.9. The molecule has 0 bridgehead atoms. The van der Waals surface area contributed by atoms with Gasteiger partial charge in [-0.05, 0) is 140 Å². The summed E-state index contributed by atoms with van der Waals surface area (Å²) in [6.07, 6.45) is 0. The van der Waals surface area contributed by atoms with Crippen molar-refractivity contribution in [2.24, 2.45) is 0 Å². The fraction of sp³-hybridized carbons (Fsp3) is 0.0315. The van der Waals surface area contributed by atoms with E-state index in [-0.39, 0.29) is 0 Å². The Morgan fingerprint density at radius 2 is 0.385 bits per heavy atom. The molecule has 0 aliphatic carbocycles. The molecule has 28 aromatic rings. The first kappa shape index (κ1) is 85.5. The SMILES string of the molecule is Cc1ccc(-c2nc(-c3ccc(C)cc3)nc(-c3ccc(-c4c5ccccc5n5c4sc4ccccc45)cc3)n2)cc1.Cc1ccc(-c2nc(-c3ccc(C)cc3)nc(-c3ccc(-c4ccc(-c5c6ccccc6n6c5sc5ccccc56)cc4)cc3)n2)cc1.c1ccc(-c2nc(-c3cccc(-c4c5ccccc5n5c4sc4ccccc45)c3)nc(-c3cccc(-n4c5ccccc5c5ccccc54)c3)n2)cc1. The van der Waals surface area contributed by atoms with Gasteiger partial charge in [0.05, 0.1) is 58.2 Å². The van der Waals surface area contributed by atoms with Crippen LogP contribution in [0.5, 0.6) is 0 Å². The van der Waals surface area contributed by atoms with Gasteiger partial charge in [0.2, 0.25) is 0 Å². The molecule has 18 aromatic carbocycles. The van der Waals surface area contributed by atoms with Crippen LogP contribution in [0.4, 0.5) is 0 Å². The van der Waals surface area contributed by atoms with Crippen LogP contribution in [0.1, 0.15) is 22.3 Å². The van der Waals surface area contributed by atoms with Crippen molar-refractivity contribution in [3.8, 4) is 153 Å². The van der Waals surface area contributed by atoms with Gasteiger partial charge in [0.15, 0.2) is 52.4 Å². The largest absolute Gasteiger partial charge is 0.309 e. The first-order valence-electron chi connectivity index (χ1n) is 47.9. The van der Waals surface area contributed by atoms with Gasteiger partial charge in [-0.25, -0.2) is 44.9 Å². The zero-order valence-electron chi connectivity index (χ0n) is 78.2. The summed E-state index contributed by atoms with van der Waals surface area (Å²) in [6, 6.07) is 156. The molecule has 0 saturated heterocycles. The minimum absolute atomic E-state index is 0.628. The summed E-state index contributed by atoms with van der Waals surface area (Å²) in [5.41, 5.74) is 33.8. The van der Waals surface area contributed by atoms with Crippen molar-refractivity contribution in [2.75, 3.05) is 0 Å². The average molecular weight is 1890 g/mol. The summed E-state index contributed by atoms with van der Waals surface area (Å²) in [5, 5.41) is 6.21. The molecule has 0 saturated carbocycles. The number of aromatic nitrogens is 13. The van der Waals surface area contributed by atoms with Gasteiger partial charge in [0, 0.05) is 99.4 Å². The third-order valence-corrected chi connectivity index (χ3v) is 30.5. The van der Waals surface area contributed by atoms with Crippen LogP contribution in [0, 0.1) is 27.7 Å². The molecule has 0 fully saturated rings. The van der Waals surface area contributed by atoms with Crippen LogP contribution >= 0.6 is 34.0 Å². The molecule has 10 aromatic heterocycles. The maximum atomic E-state index is 5.19. The molecule has 0 aliphatic rings. The molecule has 0 atom stereocenters. The predicted molar refractivity (Wildman–Crippen MR) is 595 cm³/mol. The van der Waals surface area contributed by atoms with E-state index in [0.717, 1.165) is 83.5 Å². The Labute approximate surface area is 835 Å². The number of para-hydroxylation sites is 8. The number of thiazole rings is 3. The summed E-state index contributed by atoms with van der Waals surface area (Å²) in [7, 11) is 0. The molecule has 0 aliphatic heterocycles. The van der Waals surface area contributed by atoms with E-state index in [4.69, 9.17) is 44.9 Å². The number of hydrogen-bond acceptors (Lipinski definition) is 12. The number of hydrogen-bond donors (Lipinski definition) is 0. The number of benzene rings is 18. The van der Waals surface area contributed by atoms with Gasteiger partial charge in [-0.3, -0.25) is 13.2 Å². The second-order valence-corrected chi connectivity index (χ2v) is 39.4. The summed E-state index contributed by atoms with van der Waals surface area (Å²) < 4.78 is 13.4. The Bertz CT molecular complexity index is 9620. The van der Waals surface area contributed by atoms with Gasteiger partial charge < -0.3 is 4.57 Å². The first-order valence-corrected chi connectivity index (χ1v) is 50.3. The Morgan fingerprint density at radius 1 is 0.161 bits per heavy atom. The second kappa shape index (κ2) is 35.8. The van der Waals surface area contributed by atoms with E-state index in [2.05, 4.69) is 470 Å². The van der Waals surface area contributed by atoms with Gasteiger partial charge in [-0.1, -0.05) is 380 Å². The number of rotatable bonds is 14. The second-order valence-electron chi connectivity index (χ2n) is 36.3. The van der Waals surface area contributed by atoms with Crippen LogP contribution in [-0.2, 0) is 0 Å². The van der Waals surface area contributed by atoms with Crippen LogP contribution in [0.15, 0.2) is 443 Å². The molecular weight excluding hydrogens is 1800 g/mol. The van der Waals surface area contributed by atoms with Gasteiger partial charge >= 0.3 is 0 Å². The van der Waals surface area contributed by atoms with E-state index < -0.39 is 0 Å². The minimum Gasteiger partial charge on any atom is -0.309 e. The van der Waals surface area contributed by atoms with Crippen molar-refractivity contribution >= 4 is 134 Å². The van der Waals surface area contributed by atoms with Gasteiger partial charge in [0.25, 0.3) is 0 Å².